The summed E-state index contributed by atoms with van der Waals surface area (Å²) in [6.07, 6.45) is 1.72. The molecule has 20 heavy (non-hydrogen) atoms. The third-order valence-electron chi connectivity index (χ3n) is 3.55. The third kappa shape index (κ3) is 2.95. The van der Waals surface area contributed by atoms with Crippen LogP contribution in [0.4, 0.5) is 4.39 Å². The van der Waals surface area contributed by atoms with Crippen molar-refractivity contribution in [1.29, 1.82) is 0 Å². The Morgan fingerprint density at radius 2 is 1.85 bits per heavy atom. The van der Waals surface area contributed by atoms with E-state index in [0.717, 1.165) is 21.2 Å². The van der Waals surface area contributed by atoms with Crippen LogP contribution in [0.5, 0.6) is 0 Å². The van der Waals surface area contributed by atoms with Crippen LogP contribution in [0.15, 0.2) is 30.5 Å². The molecule has 1 aromatic carbocycles. The Kier molecular flexibility index (Phi) is 3.06. The molecule has 3 heteroatoms. The molecule has 0 saturated carbocycles. The summed E-state index contributed by atoms with van der Waals surface area (Å²) < 4.78 is 39.7. The molecule has 0 aliphatic heterocycles. The quantitative estimate of drug-likeness (QED) is 0.584. The summed E-state index contributed by atoms with van der Waals surface area (Å²) >= 11 is -2.39. The fourth-order valence-corrected chi connectivity index (χ4v) is 5.48. The minimum absolute atomic E-state index is 0.262. The van der Waals surface area contributed by atoms with Crippen LogP contribution in [0.3, 0.4) is 0 Å². The molecule has 0 unspecified atom stereocenters. The van der Waals surface area contributed by atoms with Gasteiger partial charge in [0.2, 0.25) is 0 Å². The molecule has 0 atom stereocenters. The predicted octanol–water partition coefficient (Wildman–Crippen LogP) is 3.48. The van der Waals surface area contributed by atoms with E-state index in [1.165, 1.54) is 12.1 Å². The van der Waals surface area contributed by atoms with Crippen molar-refractivity contribution in [3.63, 3.8) is 0 Å². The number of hydrogen-bond donors (Lipinski definition) is 0. The van der Waals surface area contributed by atoms with Crippen LogP contribution >= 0.6 is 0 Å². The summed E-state index contributed by atoms with van der Waals surface area (Å²) in [7, 11) is 1.84. The van der Waals surface area contributed by atoms with Gasteiger partial charge in [0.1, 0.15) is 0 Å². The summed E-state index contributed by atoms with van der Waals surface area (Å²) in [6, 6.07) is 6.71. The molecule has 0 spiro atoms. The number of benzene rings is 1. The van der Waals surface area contributed by atoms with Gasteiger partial charge in [0.05, 0.1) is 0 Å². The molecule has 0 fully saturated rings. The van der Waals surface area contributed by atoms with Crippen molar-refractivity contribution in [3.05, 3.63) is 47.4 Å². The molecule has 106 valence electrons. The fourth-order valence-electron chi connectivity index (χ4n) is 2.45. The third-order valence-corrected chi connectivity index (χ3v) is 7.80. The Hall–Kier alpha value is -1.16. The zero-order valence-electron chi connectivity index (χ0n) is 15.7. The summed E-state index contributed by atoms with van der Waals surface area (Å²) in [6.45, 7) is -0.254. The summed E-state index contributed by atoms with van der Waals surface area (Å²) in [5.74, 6) is 6.30. The number of pyridine rings is 1. The van der Waals surface area contributed by atoms with Gasteiger partial charge < -0.3 is 0 Å². The average Bonchev–Trinajstić information content (AvgIpc) is 2.36. The number of aromatic nitrogens is 1. The zero-order valence-corrected chi connectivity index (χ0v) is 14.8. The Labute approximate surface area is 128 Å². The van der Waals surface area contributed by atoms with E-state index in [-0.39, 0.29) is 5.82 Å². The van der Waals surface area contributed by atoms with E-state index in [0.29, 0.717) is 5.56 Å². The molecular weight excluding hydrogens is 310 g/mol. The Morgan fingerprint density at radius 3 is 2.40 bits per heavy atom. The molecule has 0 radical (unpaired) electrons. The van der Waals surface area contributed by atoms with E-state index in [1.807, 2.05) is 24.6 Å². The number of halogens is 1. The molecule has 2 aromatic rings. The van der Waals surface area contributed by atoms with Crippen LogP contribution in [0.1, 0.15) is 15.2 Å². The number of hydrogen-bond acceptors (Lipinski definition) is 0. The predicted molar refractivity (Wildman–Crippen MR) is 85.5 cm³/mol. The zero-order chi connectivity index (χ0) is 17.6. The molecule has 0 amide bonds. The van der Waals surface area contributed by atoms with Crippen LogP contribution in [-0.4, -0.2) is 13.3 Å². The van der Waals surface area contributed by atoms with Crippen molar-refractivity contribution in [2.75, 3.05) is 0 Å². The molecule has 0 aliphatic carbocycles. The maximum absolute atomic E-state index is 13.4. The van der Waals surface area contributed by atoms with Gasteiger partial charge in [-0.1, -0.05) is 0 Å². The van der Waals surface area contributed by atoms with Gasteiger partial charge in [-0.25, -0.2) is 0 Å². The van der Waals surface area contributed by atoms with Gasteiger partial charge in [-0.05, 0) is 0 Å². The number of rotatable bonds is 2. The van der Waals surface area contributed by atoms with E-state index in [4.69, 9.17) is 4.11 Å². The fraction of sp³-hybridized carbons (Fsp3) is 0.353. The van der Waals surface area contributed by atoms with E-state index in [9.17, 15) is 4.39 Å². The van der Waals surface area contributed by atoms with Gasteiger partial charge in [0.15, 0.2) is 0 Å². The first-order valence-electron chi connectivity index (χ1n) is 8.22. The van der Waals surface area contributed by atoms with Crippen LogP contribution < -0.4 is 8.96 Å². The van der Waals surface area contributed by atoms with Gasteiger partial charge in [0.25, 0.3) is 0 Å². The van der Waals surface area contributed by atoms with Gasteiger partial charge >= 0.3 is 127 Å². The van der Waals surface area contributed by atoms with Crippen molar-refractivity contribution in [1.82, 2.24) is 0 Å². The van der Waals surface area contributed by atoms with Gasteiger partial charge in [-0.15, -0.1) is 0 Å². The topological polar surface area (TPSA) is 3.88 Å². The van der Waals surface area contributed by atoms with Crippen molar-refractivity contribution in [3.8, 4) is 11.3 Å². The van der Waals surface area contributed by atoms with Crippen LogP contribution in [-0.2, 0) is 7.05 Å². The Bertz CT molecular complexity index is 749. The van der Waals surface area contributed by atoms with Crippen molar-refractivity contribution in [2.45, 2.75) is 31.0 Å². The summed E-state index contributed by atoms with van der Waals surface area (Å²) in [4.78, 5) is 0. The van der Waals surface area contributed by atoms with E-state index < -0.39 is 20.1 Å². The molecular formula is C17H23FGeN+. The minimum atomic E-state index is -2.39. The first-order valence-corrected chi connectivity index (χ1v) is 14.1. The van der Waals surface area contributed by atoms with Crippen LogP contribution in [0.25, 0.3) is 11.3 Å². The van der Waals surface area contributed by atoms with Crippen LogP contribution in [0, 0.1) is 19.6 Å². The van der Waals surface area contributed by atoms with Gasteiger partial charge in [0, 0.05) is 0 Å². The van der Waals surface area contributed by atoms with E-state index >= 15 is 0 Å². The van der Waals surface area contributed by atoms with E-state index in [2.05, 4.69) is 17.3 Å². The van der Waals surface area contributed by atoms with Crippen LogP contribution in [0.2, 0.25) is 17.3 Å². The molecule has 1 nitrogen and oxygen atoms in total. The van der Waals surface area contributed by atoms with Gasteiger partial charge in [-0.3, -0.25) is 0 Å². The second-order valence-electron chi connectivity index (χ2n) is 6.31. The SMILES string of the molecule is [2H]C([2H])([2H])c1c[n+](C)c(-c2ccc(F)cc2C)c[c]1[Ge]([CH3])([CH3])[CH3]. The van der Waals surface area contributed by atoms with Gasteiger partial charge in [-0.2, -0.15) is 0 Å². The first kappa shape index (κ1) is 11.5. The number of nitrogens with zero attached hydrogens (tertiary/aromatic N) is 1. The monoisotopic (exact) mass is 337 g/mol. The molecule has 0 bridgehead atoms. The molecule has 0 saturated heterocycles. The molecule has 1 aromatic heterocycles. The summed E-state index contributed by atoms with van der Waals surface area (Å²) in [5.41, 5.74) is 3.13. The van der Waals surface area contributed by atoms with Crippen molar-refractivity contribution >= 4 is 17.7 Å². The first-order chi connectivity index (χ1) is 10.4. The average molecular weight is 336 g/mol. The van der Waals surface area contributed by atoms with Crippen molar-refractivity contribution < 1.29 is 13.1 Å². The second-order valence-corrected chi connectivity index (χ2v) is 16.9. The molecule has 0 N–H and O–H groups in total. The standard InChI is InChI=1S/C17H23FGeN/c1-12-9-14(18)7-8-15(12)17-10-16(19(3,4)5)13(2)11-20(17)6/h7-11H,1-6H3/q+1/i2D3. The normalized spacial score (nSPS) is 14.6. The van der Waals surface area contributed by atoms with Crippen molar-refractivity contribution in [2.24, 2.45) is 7.05 Å². The molecule has 2 rings (SSSR count). The number of aryl methyl sites for hydroxylation is 3. The second kappa shape index (κ2) is 5.32. The summed E-state index contributed by atoms with van der Waals surface area (Å²) in [5, 5.41) is 0. The maximum atomic E-state index is 13.4. The Morgan fingerprint density at radius 1 is 1.15 bits per heavy atom. The molecule has 1 heterocycles. The Balaban J connectivity index is 2.77. The van der Waals surface area contributed by atoms with E-state index in [1.54, 1.807) is 12.3 Å². The molecule has 0 aliphatic rings.